The van der Waals surface area contributed by atoms with E-state index >= 15 is 0 Å². The van der Waals surface area contributed by atoms with Crippen molar-refractivity contribution >= 4 is 5.78 Å². The summed E-state index contributed by atoms with van der Waals surface area (Å²) in [6.07, 6.45) is 3.10. The predicted octanol–water partition coefficient (Wildman–Crippen LogP) is 3.21. The van der Waals surface area contributed by atoms with Crippen LogP contribution >= 0.6 is 0 Å². The Bertz CT molecular complexity index is 826. The average Bonchev–Trinajstić information content (AvgIpc) is 3.15. The molecule has 1 aromatic carbocycles. The van der Waals surface area contributed by atoms with Crippen LogP contribution in [-0.2, 0) is 0 Å². The van der Waals surface area contributed by atoms with Crippen LogP contribution in [0, 0.1) is 24.6 Å². The zero-order valence-corrected chi connectivity index (χ0v) is 15.3. The first-order chi connectivity index (χ1) is 13.0. The lowest BCUT2D eigenvalue weighted by molar-refractivity contribution is 0.0931. The molecule has 27 heavy (non-hydrogen) atoms. The number of aromatic hydroxyl groups is 1. The number of nitrogens with zero attached hydrogens (tertiary/aromatic N) is 2. The highest BCUT2D eigenvalue weighted by Crippen LogP contribution is 2.40. The first-order valence-corrected chi connectivity index (χ1v) is 9.31. The molecule has 2 aliphatic rings. The molecule has 142 valence electrons. The van der Waals surface area contributed by atoms with E-state index < -0.39 is 0 Å². The van der Waals surface area contributed by atoms with Crippen LogP contribution in [0.5, 0.6) is 11.5 Å². The Morgan fingerprint density at radius 2 is 2.00 bits per heavy atom. The van der Waals surface area contributed by atoms with E-state index in [2.05, 4.69) is 9.88 Å². The molecule has 5 nitrogen and oxygen atoms in total. The summed E-state index contributed by atoms with van der Waals surface area (Å²) in [4.78, 5) is 18.5. The summed E-state index contributed by atoms with van der Waals surface area (Å²) < 4.78 is 19.9. The van der Waals surface area contributed by atoms with Crippen LogP contribution in [-0.4, -0.2) is 46.5 Å². The number of halogens is 1. The minimum absolute atomic E-state index is 0.0359. The van der Waals surface area contributed by atoms with Gasteiger partial charge in [0.1, 0.15) is 11.4 Å². The normalized spacial score (nSPS) is 24.7. The van der Waals surface area contributed by atoms with Crippen LogP contribution in [0.4, 0.5) is 4.39 Å². The van der Waals surface area contributed by atoms with Crippen LogP contribution in [0.15, 0.2) is 36.5 Å². The third-order valence-corrected chi connectivity index (χ3v) is 5.57. The summed E-state index contributed by atoms with van der Waals surface area (Å²) in [7, 11) is 0. The van der Waals surface area contributed by atoms with Crippen molar-refractivity contribution < 1.29 is 19.0 Å². The highest BCUT2D eigenvalue weighted by molar-refractivity contribution is 5.95. The van der Waals surface area contributed by atoms with Gasteiger partial charge in [-0.15, -0.1) is 0 Å². The van der Waals surface area contributed by atoms with Crippen molar-refractivity contribution in [1.29, 1.82) is 0 Å². The molecule has 0 spiro atoms. The Morgan fingerprint density at radius 3 is 2.63 bits per heavy atom. The van der Waals surface area contributed by atoms with Gasteiger partial charge in [0, 0.05) is 13.1 Å². The molecule has 0 unspecified atom stereocenters. The molecule has 2 fully saturated rings. The number of rotatable bonds is 5. The quantitative estimate of drug-likeness (QED) is 0.819. The molecule has 0 bridgehead atoms. The van der Waals surface area contributed by atoms with E-state index in [4.69, 9.17) is 4.74 Å². The highest BCUT2D eigenvalue weighted by Gasteiger charge is 2.42. The topological polar surface area (TPSA) is 62.7 Å². The maximum atomic E-state index is 14.0. The Labute approximate surface area is 157 Å². The van der Waals surface area contributed by atoms with Crippen LogP contribution in [0.25, 0.3) is 0 Å². The molecule has 1 saturated heterocycles. The SMILES string of the molecule is Cc1ccc(O[C@@H]2C[C@@H]3CN(CC(=O)c4ccc(O)cn4)C[C@@H]3C2)c(F)c1. The number of ketones is 1. The Balaban J connectivity index is 1.30. The van der Waals surface area contributed by atoms with Gasteiger partial charge in [-0.05, 0) is 61.4 Å². The molecule has 0 radical (unpaired) electrons. The molecule has 0 amide bonds. The molecular formula is C21H23FN2O3. The van der Waals surface area contributed by atoms with E-state index in [1.807, 2.05) is 13.0 Å². The predicted molar refractivity (Wildman–Crippen MR) is 98.4 cm³/mol. The van der Waals surface area contributed by atoms with E-state index in [-0.39, 0.29) is 23.5 Å². The number of likely N-dealkylation sites (tertiary alicyclic amines) is 1. The molecule has 1 aliphatic heterocycles. The summed E-state index contributed by atoms with van der Waals surface area (Å²) >= 11 is 0. The van der Waals surface area contributed by atoms with Crippen LogP contribution in [0.1, 0.15) is 28.9 Å². The largest absolute Gasteiger partial charge is 0.506 e. The second kappa shape index (κ2) is 7.27. The Hall–Kier alpha value is -2.47. The number of ether oxygens (including phenoxy) is 1. The molecule has 3 atom stereocenters. The second-order valence-electron chi connectivity index (χ2n) is 7.68. The fourth-order valence-corrected chi connectivity index (χ4v) is 4.28. The minimum atomic E-state index is -0.305. The molecule has 1 aromatic heterocycles. The first kappa shape index (κ1) is 17.9. The molecule has 1 saturated carbocycles. The molecule has 6 heteroatoms. The number of fused-ring (bicyclic) bond motifs is 1. The number of benzene rings is 1. The van der Waals surface area contributed by atoms with Gasteiger partial charge in [0.15, 0.2) is 17.3 Å². The van der Waals surface area contributed by atoms with E-state index in [0.717, 1.165) is 31.5 Å². The van der Waals surface area contributed by atoms with E-state index in [9.17, 15) is 14.3 Å². The summed E-state index contributed by atoms with van der Waals surface area (Å²) in [5, 5.41) is 9.27. The fraction of sp³-hybridized carbons (Fsp3) is 0.429. The maximum Gasteiger partial charge on any atom is 0.195 e. The standard InChI is InChI=1S/C21H23FN2O3/c1-13-2-5-21(18(22)6-13)27-17-7-14-10-24(11-15(14)8-17)12-20(26)19-4-3-16(25)9-23-19/h2-6,9,14-15,17,25H,7-8,10-12H2,1H3/t14-,15+,17-. The number of carbonyl (C=O) groups excluding carboxylic acids is 1. The molecule has 2 aromatic rings. The first-order valence-electron chi connectivity index (χ1n) is 9.31. The summed E-state index contributed by atoms with van der Waals surface area (Å²) in [6.45, 7) is 3.90. The van der Waals surface area contributed by atoms with Crippen molar-refractivity contribution in [2.45, 2.75) is 25.9 Å². The number of aromatic nitrogens is 1. The monoisotopic (exact) mass is 370 g/mol. The molecular weight excluding hydrogens is 347 g/mol. The van der Waals surface area contributed by atoms with Crippen molar-refractivity contribution in [1.82, 2.24) is 9.88 Å². The fourth-order valence-electron chi connectivity index (χ4n) is 4.28. The van der Waals surface area contributed by atoms with Crippen molar-refractivity contribution in [3.05, 3.63) is 53.6 Å². The average molecular weight is 370 g/mol. The molecule has 4 rings (SSSR count). The van der Waals surface area contributed by atoms with Gasteiger partial charge in [0.2, 0.25) is 0 Å². The number of carbonyl (C=O) groups is 1. The van der Waals surface area contributed by atoms with E-state index in [0.29, 0.717) is 29.8 Å². The zero-order chi connectivity index (χ0) is 19.0. The van der Waals surface area contributed by atoms with Gasteiger partial charge in [0.05, 0.1) is 18.8 Å². The molecule has 1 aliphatic carbocycles. The number of hydrogen-bond acceptors (Lipinski definition) is 5. The van der Waals surface area contributed by atoms with Gasteiger partial charge in [-0.1, -0.05) is 6.07 Å². The van der Waals surface area contributed by atoms with Gasteiger partial charge >= 0.3 is 0 Å². The van der Waals surface area contributed by atoms with Gasteiger partial charge in [-0.25, -0.2) is 9.37 Å². The number of hydrogen-bond donors (Lipinski definition) is 1. The second-order valence-corrected chi connectivity index (χ2v) is 7.68. The number of pyridine rings is 1. The summed E-state index contributed by atoms with van der Waals surface area (Å²) in [5.41, 5.74) is 1.26. The summed E-state index contributed by atoms with van der Waals surface area (Å²) in [5.74, 6) is 0.993. The lowest BCUT2D eigenvalue weighted by Crippen LogP contribution is -2.30. The zero-order valence-electron chi connectivity index (χ0n) is 15.3. The molecule has 1 N–H and O–H groups in total. The van der Waals surface area contributed by atoms with Crippen LogP contribution in [0.2, 0.25) is 0 Å². The van der Waals surface area contributed by atoms with Crippen molar-refractivity contribution in [3.8, 4) is 11.5 Å². The summed E-state index contributed by atoms with van der Waals surface area (Å²) in [6, 6.07) is 8.09. The van der Waals surface area contributed by atoms with Crippen molar-refractivity contribution in [3.63, 3.8) is 0 Å². The van der Waals surface area contributed by atoms with Gasteiger partial charge in [-0.3, -0.25) is 9.69 Å². The van der Waals surface area contributed by atoms with Gasteiger partial charge < -0.3 is 9.84 Å². The van der Waals surface area contributed by atoms with Gasteiger partial charge in [-0.2, -0.15) is 0 Å². The third kappa shape index (κ3) is 3.95. The number of Topliss-reactive ketones (excluding diaryl/α,β-unsaturated/α-hetero) is 1. The Kier molecular flexibility index (Phi) is 4.83. The van der Waals surface area contributed by atoms with Gasteiger partial charge in [0.25, 0.3) is 0 Å². The van der Waals surface area contributed by atoms with Crippen molar-refractivity contribution in [2.75, 3.05) is 19.6 Å². The lowest BCUT2D eigenvalue weighted by Gasteiger charge is -2.19. The molecule has 2 heterocycles. The van der Waals surface area contributed by atoms with Crippen molar-refractivity contribution in [2.24, 2.45) is 11.8 Å². The minimum Gasteiger partial charge on any atom is -0.506 e. The van der Waals surface area contributed by atoms with Crippen LogP contribution < -0.4 is 4.74 Å². The third-order valence-electron chi connectivity index (χ3n) is 5.57. The lowest BCUT2D eigenvalue weighted by atomic mass is 10.0. The Morgan fingerprint density at radius 1 is 1.26 bits per heavy atom. The highest BCUT2D eigenvalue weighted by atomic mass is 19.1. The van der Waals surface area contributed by atoms with E-state index in [1.165, 1.54) is 18.3 Å². The van der Waals surface area contributed by atoms with Crippen LogP contribution in [0.3, 0.4) is 0 Å². The van der Waals surface area contributed by atoms with E-state index in [1.54, 1.807) is 12.1 Å². The maximum absolute atomic E-state index is 14.0. The smallest absolute Gasteiger partial charge is 0.195 e. The number of aryl methyl sites for hydroxylation is 1.